The minimum atomic E-state index is 0.118. The lowest BCUT2D eigenvalue weighted by atomic mass is 9.88. The van der Waals surface area contributed by atoms with Gasteiger partial charge in [-0.2, -0.15) is 0 Å². The van der Waals surface area contributed by atoms with Crippen molar-refractivity contribution in [3.05, 3.63) is 70.1 Å². The van der Waals surface area contributed by atoms with Gasteiger partial charge in [-0.25, -0.2) is 0 Å². The third-order valence-corrected chi connectivity index (χ3v) is 9.61. The van der Waals surface area contributed by atoms with E-state index in [9.17, 15) is 4.79 Å². The molecule has 1 aliphatic heterocycles. The van der Waals surface area contributed by atoms with Gasteiger partial charge in [-0.3, -0.25) is 4.79 Å². The van der Waals surface area contributed by atoms with E-state index >= 15 is 0 Å². The third-order valence-electron chi connectivity index (χ3n) is 8.41. The largest absolute Gasteiger partial charge is 0.493 e. The van der Waals surface area contributed by atoms with Crippen molar-refractivity contribution in [3.63, 3.8) is 0 Å². The summed E-state index contributed by atoms with van der Waals surface area (Å²) in [6, 6.07) is 15.1. The fraction of sp³-hybridized carbons (Fsp3) is 0.500. The Balaban J connectivity index is 0.000000362. The summed E-state index contributed by atoms with van der Waals surface area (Å²) in [5, 5.41) is 1.06. The molecule has 0 radical (unpaired) electrons. The summed E-state index contributed by atoms with van der Waals surface area (Å²) in [6.45, 7) is 14.3. The van der Waals surface area contributed by atoms with Crippen LogP contribution < -0.4 is 4.74 Å². The summed E-state index contributed by atoms with van der Waals surface area (Å²) in [7, 11) is 0. The summed E-state index contributed by atoms with van der Waals surface area (Å²) >= 11 is 1.54. The number of nitrogens with zero attached hydrogens (tertiary/aromatic N) is 1. The molecule has 0 amide bonds. The number of piperidine rings is 1. The summed E-state index contributed by atoms with van der Waals surface area (Å²) in [5.41, 5.74) is 4.42. The minimum Gasteiger partial charge on any atom is -0.493 e. The van der Waals surface area contributed by atoms with Crippen molar-refractivity contribution in [1.82, 2.24) is 4.90 Å². The quantitative estimate of drug-likeness (QED) is 0.111. The molecule has 0 saturated carbocycles. The van der Waals surface area contributed by atoms with Crippen LogP contribution in [0.2, 0.25) is 0 Å². The molecule has 5 rings (SSSR count). The van der Waals surface area contributed by atoms with Gasteiger partial charge in [-0.1, -0.05) is 63.6 Å². The van der Waals surface area contributed by atoms with Crippen molar-refractivity contribution in [2.45, 2.75) is 78.6 Å². The SMILES string of the molecule is C#C.CC(=O)c1cc2c(OCCCN3CCC(c4ccc5c(c4)CC=C5)CC3)cccc2s1.CCCOCCC(C)CC. The average molecular weight is 602 g/mol. The Hall–Kier alpha value is -2.91. The maximum absolute atomic E-state index is 11.7. The van der Waals surface area contributed by atoms with Crippen LogP contribution in [0, 0.1) is 18.8 Å². The van der Waals surface area contributed by atoms with Gasteiger partial charge in [0.1, 0.15) is 5.75 Å². The van der Waals surface area contributed by atoms with Gasteiger partial charge in [-0.05, 0) is 105 Å². The zero-order chi connectivity index (χ0) is 31.0. The van der Waals surface area contributed by atoms with Gasteiger partial charge in [0.25, 0.3) is 0 Å². The molecule has 0 N–H and O–H groups in total. The van der Waals surface area contributed by atoms with E-state index in [1.54, 1.807) is 18.3 Å². The summed E-state index contributed by atoms with van der Waals surface area (Å²) in [5.74, 6) is 2.54. The molecule has 0 bridgehead atoms. The highest BCUT2D eigenvalue weighted by Gasteiger charge is 2.21. The average Bonchev–Trinajstić information content (AvgIpc) is 3.70. The van der Waals surface area contributed by atoms with Crippen molar-refractivity contribution in [3.8, 4) is 18.6 Å². The molecule has 1 saturated heterocycles. The predicted octanol–water partition coefficient (Wildman–Crippen LogP) is 9.42. The molecule has 1 atom stereocenters. The first-order valence-electron chi connectivity index (χ1n) is 16.1. The van der Waals surface area contributed by atoms with Crippen LogP contribution >= 0.6 is 11.3 Å². The van der Waals surface area contributed by atoms with E-state index in [-0.39, 0.29) is 5.78 Å². The van der Waals surface area contributed by atoms with Crippen molar-refractivity contribution < 1.29 is 14.3 Å². The van der Waals surface area contributed by atoms with Gasteiger partial charge >= 0.3 is 0 Å². The highest BCUT2D eigenvalue weighted by atomic mass is 32.1. The summed E-state index contributed by atoms with van der Waals surface area (Å²) in [4.78, 5) is 15.1. The number of likely N-dealkylation sites (tertiary alicyclic amines) is 1. The number of carbonyl (C=O) groups excluding carboxylic acids is 1. The lowest BCUT2D eigenvalue weighted by Crippen LogP contribution is -2.34. The second-order valence-electron chi connectivity index (χ2n) is 11.6. The van der Waals surface area contributed by atoms with Crippen LogP contribution in [0.5, 0.6) is 5.75 Å². The Kier molecular flexibility index (Phi) is 15.0. The maximum Gasteiger partial charge on any atom is 0.169 e. The zero-order valence-corrected chi connectivity index (χ0v) is 27.6. The van der Waals surface area contributed by atoms with Crippen LogP contribution in [-0.2, 0) is 11.2 Å². The lowest BCUT2D eigenvalue weighted by molar-refractivity contribution is 0.102. The van der Waals surface area contributed by atoms with Gasteiger partial charge in [0.05, 0.1) is 11.5 Å². The Morgan fingerprint density at radius 2 is 1.86 bits per heavy atom. The van der Waals surface area contributed by atoms with Gasteiger partial charge in [-0.15, -0.1) is 24.2 Å². The molecule has 43 heavy (non-hydrogen) atoms. The number of rotatable bonds is 13. The molecule has 2 aromatic carbocycles. The van der Waals surface area contributed by atoms with Crippen LogP contribution in [-0.4, -0.2) is 50.1 Å². The van der Waals surface area contributed by atoms with Crippen LogP contribution in [0.4, 0.5) is 0 Å². The fourth-order valence-electron chi connectivity index (χ4n) is 5.56. The van der Waals surface area contributed by atoms with E-state index < -0.39 is 0 Å². The van der Waals surface area contributed by atoms with E-state index in [1.165, 1.54) is 55.5 Å². The topological polar surface area (TPSA) is 38.8 Å². The minimum absolute atomic E-state index is 0.118. The second-order valence-corrected chi connectivity index (χ2v) is 12.7. The number of hydrogen-bond donors (Lipinski definition) is 0. The van der Waals surface area contributed by atoms with Crippen molar-refractivity contribution >= 4 is 33.3 Å². The highest BCUT2D eigenvalue weighted by Crippen LogP contribution is 2.34. The molecule has 1 aliphatic carbocycles. The molecule has 5 heteroatoms. The van der Waals surface area contributed by atoms with E-state index in [4.69, 9.17) is 9.47 Å². The van der Waals surface area contributed by atoms with E-state index in [0.717, 1.165) is 65.7 Å². The molecular formula is C38H51NO3S. The Labute approximate surface area is 264 Å². The normalized spacial score (nSPS) is 15.2. The number of ketones is 1. The van der Waals surface area contributed by atoms with Gasteiger partial charge in [0.15, 0.2) is 5.78 Å². The van der Waals surface area contributed by atoms with Crippen molar-refractivity contribution in [2.75, 3.05) is 39.5 Å². The zero-order valence-electron chi connectivity index (χ0n) is 26.8. The van der Waals surface area contributed by atoms with Crippen LogP contribution in [0.25, 0.3) is 16.2 Å². The van der Waals surface area contributed by atoms with Crippen molar-refractivity contribution in [2.24, 2.45) is 5.92 Å². The van der Waals surface area contributed by atoms with Crippen LogP contribution in [0.1, 0.15) is 98.5 Å². The first-order chi connectivity index (χ1) is 21.0. The molecule has 2 aliphatic rings. The number of Topliss-reactive ketones (excluding diaryl/α,β-unsaturated/α-hetero) is 1. The molecule has 3 aromatic rings. The molecule has 0 spiro atoms. The molecule has 2 heterocycles. The number of terminal acetylenes is 1. The van der Waals surface area contributed by atoms with Gasteiger partial charge in [0.2, 0.25) is 0 Å². The van der Waals surface area contributed by atoms with Crippen molar-refractivity contribution in [1.29, 1.82) is 0 Å². The number of benzene rings is 2. The number of fused-ring (bicyclic) bond motifs is 2. The summed E-state index contributed by atoms with van der Waals surface area (Å²) < 4.78 is 12.6. The molecule has 232 valence electrons. The Morgan fingerprint density at radius 1 is 1.07 bits per heavy atom. The monoisotopic (exact) mass is 601 g/mol. The lowest BCUT2D eigenvalue weighted by Gasteiger charge is -2.32. The predicted molar refractivity (Wildman–Crippen MR) is 185 cm³/mol. The highest BCUT2D eigenvalue weighted by molar-refractivity contribution is 7.20. The number of ether oxygens (including phenoxy) is 2. The number of carbonyl (C=O) groups is 1. The fourth-order valence-corrected chi connectivity index (χ4v) is 6.53. The standard InChI is InChI=1S/C27H29NO2S.C9H20O.C2H2/c1-19(29)27-18-24-25(7-3-8-26(24)31-27)30-16-4-13-28-14-11-21(12-15-28)23-10-9-20-5-2-6-22(20)17-23;1-4-7-10-8-6-9(3)5-2;1-2/h2-3,5,7-10,17-18,21H,4,6,11-16H2,1H3;9H,4-8H2,1-3H3;1-2H. The van der Waals surface area contributed by atoms with E-state index in [2.05, 4.69) is 74.9 Å². The second kappa shape index (κ2) is 18.7. The number of thiophene rings is 1. The molecule has 1 aromatic heterocycles. The molecule has 4 nitrogen and oxygen atoms in total. The third kappa shape index (κ3) is 10.6. The van der Waals surface area contributed by atoms with E-state index in [1.807, 2.05) is 18.2 Å². The van der Waals surface area contributed by atoms with Gasteiger partial charge < -0.3 is 14.4 Å². The number of hydrogen-bond acceptors (Lipinski definition) is 5. The Bertz CT molecular complexity index is 1320. The first kappa shape index (κ1) is 34.6. The van der Waals surface area contributed by atoms with Crippen LogP contribution in [0.15, 0.2) is 48.5 Å². The molecule has 1 unspecified atom stereocenters. The van der Waals surface area contributed by atoms with Gasteiger partial charge in [0, 0.05) is 29.8 Å². The van der Waals surface area contributed by atoms with E-state index in [0.29, 0.717) is 12.5 Å². The maximum atomic E-state index is 11.7. The molecular weight excluding hydrogens is 550 g/mol. The molecule has 1 fully saturated rings. The summed E-state index contributed by atoms with van der Waals surface area (Å²) in [6.07, 6.45) is 20.7. The smallest absolute Gasteiger partial charge is 0.169 e. The van der Waals surface area contributed by atoms with Crippen LogP contribution in [0.3, 0.4) is 0 Å². The first-order valence-corrected chi connectivity index (χ1v) is 16.9. The number of allylic oxidation sites excluding steroid dienone is 1. The Morgan fingerprint density at radius 3 is 2.58 bits per heavy atom.